The largest absolute Gasteiger partial charge is 0.497 e. The lowest BCUT2D eigenvalue weighted by molar-refractivity contribution is 0.390. The van der Waals surface area contributed by atoms with E-state index in [1.165, 1.54) is 6.07 Å². The minimum atomic E-state index is -0.185. The first-order chi connectivity index (χ1) is 12.2. The first kappa shape index (κ1) is 18.6. The smallest absolute Gasteiger partial charge is 0.191 e. The zero-order valence-corrected chi connectivity index (χ0v) is 14.8. The van der Waals surface area contributed by atoms with Crippen LogP contribution in [-0.2, 0) is 13.0 Å². The van der Waals surface area contributed by atoms with Gasteiger partial charge in [-0.2, -0.15) is 0 Å². The molecule has 2 aromatic rings. The molecule has 2 N–H and O–H groups in total. The Labute approximate surface area is 147 Å². The van der Waals surface area contributed by atoms with Gasteiger partial charge in [0, 0.05) is 31.8 Å². The number of nitrogens with zero attached hydrogens (tertiary/aromatic N) is 1. The normalized spacial score (nSPS) is 11.1. The highest BCUT2D eigenvalue weighted by molar-refractivity contribution is 5.79. The molecule has 0 aliphatic heterocycles. The molecule has 25 heavy (non-hydrogen) atoms. The summed E-state index contributed by atoms with van der Waals surface area (Å²) in [6, 6.07) is 12.4. The summed E-state index contributed by atoms with van der Waals surface area (Å²) in [7, 11) is 4.94. The zero-order chi connectivity index (χ0) is 18.1. The summed E-state index contributed by atoms with van der Waals surface area (Å²) in [6.45, 7) is 1.13. The fourth-order valence-electron chi connectivity index (χ4n) is 2.41. The number of benzene rings is 2. The number of ether oxygens (including phenoxy) is 2. The molecular formula is C19H24FN3O2. The molecule has 134 valence electrons. The van der Waals surface area contributed by atoms with Crippen LogP contribution < -0.4 is 20.1 Å². The van der Waals surface area contributed by atoms with Crippen LogP contribution >= 0.6 is 0 Å². The van der Waals surface area contributed by atoms with E-state index in [2.05, 4.69) is 15.6 Å². The third kappa shape index (κ3) is 5.38. The Hall–Kier alpha value is -2.76. The number of rotatable bonds is 7. The van der Waals surface area contributed by atoms with Crippen molar-refractivity contribution in [1.82, 2.24) is 10.6 Å². The number of hydrogen-bond donors (Lipinski definition) is 2. The van der Waals surface area contributed by atoms with Gasteiger partial charge >= 0.3 is 0 Å². The molecule has 0 aliphatic carbocycles. The third-order valence-corrected chi connectivity index (χ3v) is 3.81. The summed E-state index contributed by atoms with van der Waals surface area (Å²) in [5.74, 6) is 1.95. The van der Waals surface area contributed by atoms with Gasteiger partial charge in [-0.05, 0) is 30.2 Å². The summed E-state index contributed by atoms with van der Waals surface area (Å²) >= 11 is 0. The van der Waals surface area contributed by atoms with E-state index in [4.69, 9.17) is 9.47 Å². The van der Waals surface area contributed by atoms with Crippen LogP contribution in [0.2, 0.25) is 0 Å². The van der Waals surface area contributed by atoms with Crippen LogP contribution in [0.15, 0.2) is 47.5 Å². The molecule has 2 rings (SSSR count). The number of methoxy groups -OCH3 is 2. The van der Waals surface area contributed by atoms with E-state index in [-0.39, 0.29) is 5.82 Å². The van der Waals surface area contributed by atoms with Crippen LogP contribution in [0.3, 0.4) is 0 Å². The van der Waals surface area contributed by atoms with Gasteiger partial charge in [-0.15, -0.1) is 0 Å². The van der Waals surface area contributed by atoms with Crippen molar-refractivity contribution in [1.29, 1.82) is 0 Å². The van der Waals surface area contributed by atoms with Crippen molar-refractivity contribution in [2.24, 2.45) is 4.99 Å². The van der Waals surface area contributed by atoms with Gasteiger partial charge in [0.1, 0.15) is 17.3 Å². The summed E-state index contributed by atoms with van der Waals surface area (Å²) in [4.78, 5) is 4.18. The highest BCUT2D eigenvalue weighted by atomic mass is 19.1. The predicted molar refractivity (Wildman–Crippen MR) is 97.9 cm³/mol. The van der Waals surface area contributed by atoms with Crippen molar-refractivity contribution in [3.8, 4) is 11.5 Å². The van der Waals surface area contributed by atoms with Crippen LogP contribution in [0.5, 0.6) is 11.5 Å². The molecule has 0 atom stereocenters. The van der Waals surface area contributed by atoms with Gasteiger partial charge in [-0.1, -0.05) is 18.2 Å². The second-order valence-corrected chi connectivity index (χ2v) is 5.37. The maximum Gasteiger partial charge on any atom is 0.191 e. The van der Waals surface area contributed by atoms with Gasteiger partial charge in [0.25, 0.3) is 0 Å². The van der Waals surface area contributed by atoms with Crippen LogP contribution in [0.4, 0.5) is 4.39 Å². The van der Waals surface area contributed by atoms with Crippen LogP contribution in [-0.4, -0.2) is 33.8 Å². The standard InChI is InChI=1S/C19H24FN3O2/c1-21-19(22-11-10-14-6-4-5-7-17(14)20)23-13-15-8-9-16(24-2)12-18(15)25-3/h4-9,12H,10-11,13H2,1-3H3,(H2,21,22,23). The lowest BCUT2D eigenvalue weighted by Crippen LogP contribution is -2.38. The number of aliphatic imine (C=N–C) groups is 1. The molecule has 0 amide bonds. The predicted octanol–water partition coefficient (Wildman–Crippen LogP) is 2.75. The Kier molecular flexibility index (Phi) is 7.07. The topological polar surface area (TPSA) is 54.9 Å². The fraction of sp³-hybridized carbons (Fsp3) is 0.316. The second kappa shape index (κ2) is 9.52. The molecule has 0 unspecified atom stereocenters. The molecule has 0 aliphatic rings. The minimum Gasteiger partial charge on any atom is -0.497 e. The lowest BCUT2D eigenvalue weighted by atomic mass is 10.1. The van der Waals surface area contributed by atoms with Crippen molar-refractivity contribution in [2.75, 3.05) is 27.8 Å². The molecule has 6 heteroatoms. The number of nitrogens with one attached hydrogen (secondary N) is 2. The third-order valence-electron chi connectivity index (χ3n) is 3.81. The van der Waals surface area contributed by atoms with E-state index in [1.807, 2.05) is 24.3 Å². The number of hydrogen-bond acceptors (Lipinski definition) is 3. The quantitative estimate of drug-likeness (QED) is 0.598. The van der Waals surface area contributed by atoms with Crippen LogP contribution in [0, 0.1) is 5.82 Å². The molecule has 0 saturated heterocycles. The molecule has 0 heterocycles. The molecule has 0 saturated carbocycles. The molecule has 2 aromatic carbocycles. The maximum atomic E-state index is 13.6. The fourth-order valence-corrected chi connectivity index (χ4v) is 2.41. The van der Waals surface area contributed by atoms with Crippen molar-refractivity contribution in [2.45, 2.75) is 13.0 Å². The van der Waals surface area contributed by atoms with Crippen molar-refractivity contribution in [3.63, 3.8) is 0 Å². The molecule has 0 spiro atoms. The van der Waals surface area contributed by atoms with Gasteiger partial charge in [-0.25, -0.2) is 4.39 Å². The Morgan fingerprint density at radius 2 is 1.84 bits per heavy atom. The zero-order valence-electron chi connectivity index (χ0n) is 14.8. The van der Waals surface area contributed by atoms with E-state index in [0.717, 1.165) is 17.1 Å². The van der Waals surface area contributed by atoms with Crippen LogP contribution in [0.1, 0.15) is 11.1 Å². The van der Waals surface area contributed by atoms with E-state index in [1.54, 1.807) is 33.4 Å². The van der Waals surface area contributed by atoms with Crippen molar-refractivity contribution >= 4 is 5.96 Å². The SMILES string of the molecule is CN=C(NCCc1ccccc1F)NCc1ccc(OC)cc1OC. The summed E-state index contributed by atoms with van der Waals surface area (Å²) in [6.07, 6.45) is 0.583. The molecular weight excluding hydrogens is 321 g/mol. The Morgan fingerprint density at radius 3 is 2.52 bits per heavy atom. The first-order valence-corrected chi connectivity index (χ1v) is 8.06. The average Bonchev–Trinajstić information content (AvgIpc) is 2.65. The second-order valence-electron chi connectivity index (χ2n) is 5.37. The van der Waals surface area contributed by atoms with Crippen molar-refractivity contribution < 1.29 is 13.9 Å². The monoisotopic (exact) mass is 345 g/mol. The van der Waals surface area contributed by atoms with Gasteiger partial charge in [0.2, 0.25) is 0 Å². The Morgan fingerprint density at radius 1 is 1.04 bits per heavy atom. The highest BCUT2D eigenvalue weighted by Crippen LogP contribution is 2.24. The van der Waals surface area contributed by atoms with Crippen molar-refractivity contribution in [3.05, 3.63) is 59.4 Å². The molecule has 0 fully saturated rings. The summed E-state index contributed by atoms with van der Waals surface area (Å²) in [5.41, 5.74) is 1.67. The van der Waals surface area contributed by atoms with Gasteiger partial charge < -0.3 is 20.1 Å². The summed E-state index contributed by atoms with van der Waals surface area (Å²) in [5, 5.41) is 6.41. The molecule has 5 nitrogen and oxygen atoms in total. The van der Waals surface area contributed by atoms with Gasteiger partial charge in [0.15, 0.2) is 5.96 Å². The van der Waals surface area contributed by atoms with E-state index < -0.39 is 0 Å². The lowest BCUT2D eigenvalue weighted by Gasteiger charge is -2.14. The molecule has 0 aromatic heterocycles. The Balaban J connectivity index is 1.87. The van der Waals surface area contributed by atoms with Gasteiger partial charge in [0.05, 0.1) is 14.2 Å². The van der Waals surface area contributed by atoms with Gasteiger partial charge in [-0.3, -0.25) is 4.99 Å². The van der Waals surface area contributed by atoms with E-state index in [9.17, 15) is 4.39 Å². The highest BCUT2D eigenvalue weighted by Gasteiger charge is 2.06. The number of halogens is 1. The first-order valence-electron chi connectivity index (χ1n) is 8.06. The Bertz CT molecular complexity index is 720. The molecule has 0 radical (unpaired) electrons. The van der Waals surface area contributed by atoms with E-state index >= 15 is 0 Å². The maximum absolute atomic E-state index is 13.6. The van der Waals surface area contributed by atoms with E-state index in [0.29, 0.717) is 31.0 Å². The molecule has 0 bridgehead atoms. The van der Waals surface area contributed by atoms with Crippen LogP contribution in [0.25, 0.3) is 0 Å². The average molecular weight is 345 g/mol. The summed E-state index contributed by atoms with van der Waals surface area (Å²) < 4.78 is 24.2. The number of guanidine groups is 1. The minimum absolute atomic E-state index is 0.185.